The normalized spacial score (nSPS) is 18.3. The van der Waals surface area contributed by atoms with Gasteiger partial charge in [-0.3, -0.25) is 4.99 Å². The maximum atomic E-state index is 12.4. The van der Waals surface area contributed by atoms with Crippen LogP contribution in [0.3, 0.4) is 0 Å². The number of guanidine groups is 1. The van der Waals surface area contributed by atoms with Crippen LogP contribution in [0.1, 0.15) is 38.6 Å². The van der Waals surface area contributed by atoms with Crippen molar-refractivity contribution in [3.05, 3.63) is 54.1 Å². The predicted octanol–water partition coefficient (Wildman–Crippen LogP) is 2.90. The molecule has 4 rings (SSSR count). The molecule has 1 saturated heterocycles. The van der Waals surface area contributed by atoms with Crippen LogP contribution >= 0.6 is 0 Å². The van der Waals surface area contributed by atoms with Crippen LogP contribution in [0.25, 0.3) is 0 Å². The van der Waals surface area contributed by atoms with E-state index in [4.69, 9.17) is 9.73 Å². The fraction of sp³-hybridized carbons (Fsp3) is 0.542. The Kier molecular flexibility index (Phi) is 6.67. The van der Waals surface area contributed by atoms with E-state index in [2.05, 4.69) is 50.1 Å². The van der Waals surface area contributed by atoms with Crippen molar-refractivity contribution >= 4 is 12.1 Å². The second-order valence-corrected chi connectivity index (χ2v) is 9.42. The van der Waals surface area contributed by atoms with E-state index < -0.39 is 5.60 Å². The number of benzene rings is 1. The number of aliphatic imine (C=N–C) groups is 1. The van der Waals surface area contributed by atoms with Crippen molar-refractivity contribution < 1.29 is 9.53 Å². The first-order valence-electron chi connectivity index (χ1n) is 11.5. The van der Waals surface area contributed by atoms with Crippen LogP contribution in [0.4, 0.5) is 4.79 Å². The van der Waals surface area contributed by atoms with E-state index >= 15 is 0 Å². The molecule has 1 unspecified atom stereocenters. The van der Waals surface area contributed by atoms with Gasteiger partial charge in [-0.05, 0) is 39.2 Å². The number of nitrogens with zero attached hydrogens (tertiary/aromatic N) is 5. The predicted molar refractivity (Wildman–Crippen MR) is 124 cm³/mol. The van der Waals surface area contributed by atoms with Gasteiger partial charge in [0.25, 0.3) is 0 Å². The maximum absolute atomic E-state index is 12.4. The number of carbonyl (C=O) groups excluding carboxylic acids is 1. The number of imidazole rings is 1. The van der Waals surface area contributed by atoms with E-state index in [1.807, 2.05) is 33.2 Å². The van der Waals surface area contributed by atoms with Crippen molar-refractivity contribution in [1.29, 1.82) is 0 Å². The van der Waals surface area contributed by atoms with E-state index in [1.165, 1.54) is 5.56 Å². The van der Waals surface area contributed by atoms with Gasteiger partial charge in [-0.15, -0.1) is 0 Å². The number of aryl methyl sites for hydroxylation is 2. The largest absolute Gasteiger partial charge is 0.444 e. The van der Waals surface area contributed by atoms with Crippen LogP contribution in [0.2, 0.25) is 0 Å². The van der Waals surface area contributed by atoms with Crippen LogP contribution in [-0.4, -0.2) is 69.2 Å². The Hall–Kier alpha value is -3.03. The molecule has 8 nitrogen and oxygen atoms in total. The lowest BCUT2D eigenvalue weighted by atomic mass is 10.1. The summed E-state index contributed by atoms with van der Waals surface area (Å²) in [6.07, 6.45) is 5.79. The molecule has 0 radical (unpaired) electrons. The van der Waals surface area contributed by atoms with Crippen molar-refractivity contribution in [2.45, 2.75) is 58.3 Å². The summed E-state index contributed by atoms with van der Waals surface area (Å²) in [5, 5.41) is 3.47. The highest BCUT2D eigenvalue weighted by Crippen LogP contribution is 2.19. The van der Waals surface area contributed by atoms with Gasteiger partial charge in [-0.25, -0.2) is 9.78 Å². The second kappa shape index (κ2) is 9.63. The monoisotopic (exact) mass is 438 g/mol. The Bertz CT molecular complexity index is 933. The van der Waals surface area contributed by atoms with Gasteiger partial charge in [0.15, 0.2) is 5.96 Å². The molecule has 1 aromatic carbocycles. The average molecular weight is 439 g/mol. The minimum Gasteiger partial charge on any atom is -0.444 e. The third-order valence-corrected chi connectivity index (χ3v) is 5.77. The zero-order valence-electron chi connectivity index (χ0n) is 19.3. The first kappa shape index (κ1) is 22.2. The van der Waals surface area contributed by atoms with Crippen molar-refractivity contribution in [2.24, 2.45) is 4.99 Å². The van der Waals surface area contributed by atoms with Gasteiger partial charge in [0.2, 0.25) is 0 Å². The molecular weight excluding hydrogens is 404 g/mol. The first-order valence-corrected chi connectivity index (χ1v) is 11.5. The summed E-state index contributed by atoms with van der Waals surface area (Å²) in [6, 6.07) is 10.8. The molecule has 1 atom stereocenters. The van der Waals surface area contributed by atoms with Gasteiger partial charge < -0.3 is 24.4 Å². The van der Waals surface area contributed by atoms with Gasteiger partial charge in [-0.1, -0.05) is 30.3 Å². The van der Waals surface area contributed by atoms with Crippen molar-refractivity contribution in [1.82, 2.24) is 24.7 Å². The standard InChI is InChI=1S/C24H34N6O2/c1-24(2,3)32-23(31)29-14-15-30-20(18-29)16-26-22(30)27-17-21-25-11-13-28(21)12-7-10-19-8-5-4-6-9-19/h4-6,8-9,11,13,20H,7,10,12,14-18H2,1-3H3,(H,26,27). The molecule has 1 amide bonds. The summed E-state index contributed by atoms with van der Waals surface area (Å²) in [5.74, 6) is 1.91. The van der Waals surface area contributed by atoms with Crippen LogP contribution < -0.4 is 5.32 Å². The third-order valence-electron chi connectivity index (χ3n) is 5.77. The van der Waals surface area contributed by atoms with E-state index in [0.29, 0.717) is 26.2 Å². The fourth-order valence-corrected chi connectivity index (χ4v) is 4.19. The molecule has 32 heavy (non-hydrogen) atoms. The summed E-state index contributed by atoms with van der Waals surface area (Å²) in [4.78, 5) is 25.7. The van der Waals surface area contributed by atoms with E-state index in [1.54, 1.807) is 4.90 Å². The fourth-order valence-electron chi connectivity index (χ4n) is 4.19. The molecule has 172 valence electrons. The smallest absolute Gasteiger partial charge is 0.410 e. The van der Waals surface area contributed by atoms with Crippen molar-refractivity contribution in [3.63, 3.8) is 0 Å². The number of rotatable bonds is 6. The Morgan fingerprint density at radius 3 is 2.81 bits per heavy atom. The number of nitrogens with one attached hydrogen (secondary N) is 1. The number of carbonyl (C=O) groups is 1. The lowest BCUT2D eigenvalue weighted by Gasteiger charge is -2.39. The number of ether oxygens (including phenoxy) is 1. The third kappa shape index (κ3) is 5.60. The molecule has 2 aromatic rings. The van der Waals surface area contributed by atoms with Gasteiger partial charge in [0.05, 0.1) is 19.1 Å². The van der Waals surface area contributed by atoms with Crippen LogP contribution in [0.5, 0.6) is 0 Å². The molecule has 2 aliphatic rings. The average Bonchev–Trinajstić information content (AvgIpc) is 3.38. The highest BCUT2D eigenvalue weighted by Gasteiger charge is 2.36. The molecule has 0 spiro atoms. The van der Waals surface area contributed by atoms with Crippen LogP contribution in [0.15, 0.2) is 47.7 Å². The summed E-state index contributed by atoms with van der Waals surface area (Å²) in [5.41, 5.74) is 0.889. The Morgan fingerprint density at radius 1 is 1.22 bits per heavy atom. The summed E-state index contributed by atoms with van der Waals surface area (Å²) in [6.45, 7) is 9.98. The van der Waals surface area contributed by atoms with Crippen LogP contribution in [0, 0.1) is 0 Å². The lowest BCUT2D eigenvalue weighted by Crippen LogP contribution is -2.57. The quantitative estimate of drug-likeness (QED) is 0.751. The number of hydrogen-bond acceptors (Lipinski definition) is 6. The van der Waals surface area contributed by atoms with E-state index in [-0.39, 0.29) is 12.1 Å². The molecule has 8 heteroatoms. The lowest BCUT2D eigenvalue weighted by molar-refractivity contribution is 0.0137. The second-order valence-electron chi connectivity index (χ2n) is 9.42. The summed E-state index contributed by atoms with van der Waals surface area (Å²) in [7, 11) is 0. The number of aromatic nitrogens is 2. The van der Waals surface area contributed by atoms with E-state index in [9.17, 15) is 4.79 Å². The molecule has 0 aliphatic carbocycles. The minimum atomic E-state index is -0.476. The molecule has 1 aromatic heterocycles. The van der Waals surface area contributed by atoms with Crippen molar-refractivity contribution in [2.75, 3.05) is 26.2 Å². The van der Waals surface area contributed by atoms with E-state index in [0.717, 1.165) is 37.7 Å². The molecular formula is C24H34N6O2. The van der Waals surface area contributed by atoms with Crippen molar-refractivity contribution in [3.8, 4) is 0 Å². The Morgan fingerprint density at radius 2 is 2.03 bits per heavy atom. The molecule has 3 heterocycles. The Balaban J connectivity index is 1.25. The topological polar surface area (TPSA) is 75.0 Å². The first-order chi connectivity index (χ1) is 15.4. The molecule has 0 saturated carbocycles. The van der Waals surface area contributed by atoms with Gasteiger partial charge in [0.1, 0.15) is 11.4 Å². The maximum Gasteiger partial charge on any atom is 0.410 e. The molecule has 1 N–H and O–H groups in total. The number of hydrogen-bond donors (Lipinski definition) is 1. The molecule has 2 aliphatic heterocycles. The summed E-state index contributed by atoms with van der Waals surface area (Å²) < 4.78 is 7.74. The zero-order chi connectivity index (χ0) is 22.6. The number of fused-ring (bicyclic) bond motifs is 1. The Labute approximate surface area is 190 Å². The number of amides is 1. The highest BCUT2D eigenvalue weighted by molar-refractivity contribution is 5.82. The zero-order valence-corrected chi connectivity index (χ0v) is 19.3. The molecule has 0 bridgehead atoms. The minimum absolute atomic E-state index is 0.199. The summed E-state index contributed by atoms with van der Waals surface area (Å²) >= 11 is 0. The van der Waals surface area contributed by atoms with Gasteiger partial charge in [-0.2, -0.15) is 0 Å². The molecule has 1 fully saturated rings. The SMILES string of the molecule is CC(C)(C)OC(=O)N1CCN2C(NCc3nccn3CCCc3ccccc3)=NCC2C1. The number of piperazine rings is 1. The van der Waals surface area contributed by atoms with Gasteiger partial charge >= 0.3 is 6.09 Å². The van der Waals surface area contributed by atoms with Gasteiger partial charge in [0, 0.05) is 38.6 Å². The highest BCUT2D eigenvalue weighted by atomic mass is 16.6. The van der Waals surface area contributed by atoms with Crippen LogP contribution in [-0.2, 0) is 24.2 Å².